The van der Waals surface area contributed by atoms with Crippen molar-refractivity contribution in [1.29, 1.82) is 0 Å². The molecule has 0 saturated carbocycles. The van der Waals surface area contributed by atoms with Crippen molar-refractivity contribution in [3.05, 3.63) is 29.8 Å². The van der Waals surface area contributed by atoms with E-state index in [1.165, 1.54) is 16.4 Å². The molecule has 25 heavy (non-hydrogen) atoms. The van der Waals surface area contributed by atoms with Gasteiger partial charge in [0.15, 0.2) is 0 Å². The number of carbonyl (C=O) groups excluding carboxylic acids is 1. The van der Waals surface area contributed by atoms with Crippen LogP contribution in [-0.4, -0.2) is 76.5 Å². The van der Waals surface area contributed by atoms with E-state index in [4.69, 9.17) is 4.74 Å². The molecule has 1 aliphatic rings. The molecule has 0 bridgehead atoms. The summed E-state index contributed by atoms with van der Waals surface area (Å²) in [6.45, 7) is 4.31. The zero-order valence-corrected chi connectivity index (χ0v) is 15.9. The Balaban J connectivity index is 2.05. The summed E-state index contributed by atoms with van der Waals surface area (Å²) in [6.07, 6.45) is 0.703. The van der Waals surface area contributed by atoms with Gasteiger partial charge in [-0.05, 0) is 52.2 Å². The molecule has 2 rings (SSSR count). The SMILES string of the molecule is CC1CN(S(=O)(=O)c2cccc(C(=O)NCCCN(C)C)c2)CCO1. The van der Waals surface area contributed by atoms with Crippen molar-refractivity contribution in [2.45, 2.75) is 24.3 Å². The molecule has 7 nitrogen and oxygen atoms in total. The quantitative estimate of drug-likeness (QED) is 0.719. The van der Waals surface area contributed by atoms with Gasteiger partial charge in [0.1, 0.15) is 0 Å². The molecule has 1 amide bonds. The smallest absolute Gasteiger partial charge is 0.251 e. The number of morpholine rings is 1. The summed E-state index contributed by atoms with van der Waals surface area (Å²) >= 11 is 0. The first kappa shape index (κ1) is 19.8. The van der Waals surface area contributed by atoms with Crippen molar-refractivity contribution >= 4 is 15.9 Å². The monoisotopic (exact) mass is 369 g/mol. The predicted octanol–water partition coefficient (Wildman–Crippen LogP) is 0.778. The maximum Gasteiger partial charge on any atom is 0.251 e. The molecular weight excluding hydrogens is 342 g/mol. The fraction of sp³-hybridized carbons (Fsp3) is 0.588. The number of hydrogen-bond acceptors (Lipinski definition) is 5. The number of hydrogen-bond donors (Lipinski definition) is 1. The molecule has 1 unspecified atom stereocenters. The van der Waals surface area contributed by atoms with Gasteiger partial charge in [0.25, 0.3) is 5.91 Å². The van der Waals surface area contributed by atoms with Crippen LogP contribution in [0.4, 0.5) is 0 Å². The van der Waals surface area contributed by atoms with Crippen molar-refractivity contribution in [2.75, 3.05) is 46.9 Å². The van der Waals surface area contributed by atoms with Gasteiger partial charge >= 0.3 is 0 Å². The molecule has 1 heterocycles. The molecule has 1 N–H and O–H groups in total. The van der Waals surface area contributed by atoms with E-state index in [0.29, 0.717) is 31.8 Å². The summed E-state index contributed by atoms with van der Waals surface area (Å²) in [4.78, 5) is 14.4. The van der Waals surface area contributed by atoms with Crippen molar-refractivity contribution in [2.24, 2.45) is 0 Å². The second kappa shape index (κ2) is 8.75. The molecular formula is C17H27N3O4S. The number of nitrogens with one attached hydrogen (secondary N) is 1. The van der Waals surface area contributed by atoms with Crippen LogP contribution in [0.15, 0.2) is 29.2 Å². The number of amides is 1. The first-order valence-electron chi connectivity index (χ1n) is 8.45. The average molecular weight is 369 g/mol. The van der Waals surface area contributed by atoms with E-state index in [1.54, 1.807) is 12.1 Å². The van der Waals surface area contributed by atoms with Gasteiger partial charge in [-0.1, -0.05) is 6.07 Å². The molecule has 1 aliphatic heterocycles. The fourth-order valence-corrected chi connectivity index (χ4v) is 4.20. The lowest BCUT2D eigenvalue weighted by molar-refractivity contribution is 0.0102. The van der Waals surface area contributed by atoms with Gasteiger partial charge in [0, 0.05) is 25.2 Å². The van der Waals surface area contributed by atoms with E-state index in [9.17, 15) is 13.2 Å². The zero-order valence-electron chi connectivity index (χ0n) is 15.1. The van der Waals surface area contributed by atoms with Crippen LogP contribution >= 0.6 is 0 Å². The average Bonchev–Trinajstić information content (AvgIpc) is 2.58. The van der Waals surface area contributed by atoms with E-state index in [0.717, 1.165) is 13.0 Å². The highest BCUT2D eigenvalue weighted by molar-refractivity contribution is 7.89. The lowest BCUT2D eigenvalue weighted by atomic mass is 10.2. The van der Waals surface area contributed by atoms with Crippen molar-refractivity contribution < 1.29 is 17.9 Å². The number of rotatable bonds is 7. The summed E-state index contributed by atoms with van der Waals surface area (Å²) in [5, 5.41) is 2.83. The van der Waals surface area contributed by atoms with Crippen LogP contribution in [0.25, 0.3) is 0 Å². The van der Waals surface area contributed by atoms with Gasteiger partial charge in [0.05, 0.1) is 17.6 Å². The topological polar surface area (TPSA) is 79.0 Å². The molecule has 140 valence electrons. The second-order valence-electron chi connectivity index (χ2n) is 6.49. The predicted molar refractivity (Wildman–Crippen MR) is 96.1 cm³/mol. The van der Waals surface area contributed by atoms with E-state index in [2.05, 4.69) is 5.32 Å². The first-order chi connectivity index (χ1) is 11.8. The molecule has 1 saturated heterocycles. The van der Waals surface area contributed by atoms with Crippen LogP contribution in [0.5, 0.6) is 0 Å². The van der Waals surface area contributed by atoms with Gasteiger partial charge in [-0.15, -0.1) is 0 Å². The van der Waals surface area contributed by atoms with Crippen LogP contribution in [0.3, 0.4) is 0 Å². The second-order valence-corrected chi connectivity index (χ2v) is 8.42. The minimum absolute atomic E-state index is 0.133. The van der Waals surface area contributed by atoms with Gasteiger partial charge in [-0.3, -0.25) is 4.79 Å². The minimum atomic E-state index is -3.62. The van der Waals surface area contributed by atoms with Crippen molar-refractivity contribution in [3.63, 3.8) is 0 Å². The fourth-order valence-electron chi connectivity index (χ4n) is 2.65. The van der Waals surface area contributed by atoms with Crippen molar-refractivity contribution in [3.8, 4) is 0 Å². The molecule has 0 aromatic heterocycles. The van der Waals surface area contributed by atoms with Crippen LogP contribution in [0.2, 0.25) is 0 Å². The van der Waals surface area contributed by atoms with E-state index < -0.39 is 10.0 Å². The maximum atomic E-state index is 12.8. The molecule has 1 atom stereocenters. The lowest BCUT2D eigenvalue weighted by Crippen LogP contribution is -2.44. The van der Waals surface area contributed by atoms with Crippen LogP contribution in [0, 0.1) is 0 Å². The van der Waals surface area contributed by atoms with Crippen LogP contribution in [-0.2, 0) is 14.8 Å². The van der Waals surface area contributed by atoms with Gasteiger partial charge in [-0.2, -0.15) is 4.31 Å². The first-order valence-corrected chi connectivity index (χ1v) is 9.89. The molecule has 0 aliphatic carbocycles. The number of sulfonamides is 1. The third-order valence-corrected chi connectivity index (χ3v) is 5.87. The van der Waals surface area contributed by atoms with Crippen LogP contribution in [0.1, 0.15) is 23.7 Å². The summed E-state index contributed by atoms with van der Waals surface area (Å²) in [7, 11) is 0.329. The van der Waals surface area contributed by atoms with E-state index in [1.807, 2.05) is 25.9 Å². The summed E-state index contributed by atoms with van der Waals surface area (Å²) in [6, 6.07) is 6.20. The lowest BCUT2D eigenvalue weighted by Gasteiger charge is -2.30. The third-order valence-electron chi connectivity index (χ3n) is 4.01. The summed E-state index contributed by atoms with van der Waals surface area (Å²) in [5.41, 5.74) is 0.354. The Morgan fingerprint density at radius 3 is 2.84 bits per heavy atom. The Labute approximate surface area is 150 Å². The van der Waals surface area contributed by atoms with Crippen LogP contribution < -0.4 is 5.32 Å². The highest BCUT2D eigenvalue weighted by Crippen LogP contribution is 2.19. The number of benzene rings is 1. The Bertz CT molecular complexity index is 691. The Morgan fingerprint density at radius 2 is 2.16 bits per heavy atom. The van der Waals surface area contributed by atoms with E-state index in [-0.39, 0.29) is 16.9 Å². The Kier molecular flexibility index (Phi) is 6.95. The molecule has 8 heteroatoms. The largest absolute Gasteiger partial charge is 0.376 e. The zero-order chi connectivity index (χ0) is 18.4. The molecule has 1 aromatic rings. The van der Waals surface area contributed by atoms with Gasteiger partial charge < -0.3 is 15.0 Å². The van der Waals surface area contributed by atoms with E-state index >= 15 is 0 Å². The normalized spacial score (nSPS) is 19.1. The maximum absolute atomic E-state index is 12.8. The summed E-state index contributed by atoms with van der Waals surface area (Å²) < 4.78 is 32.4. The summed E-state index contributed by atoms with van der Waals surface area (Å²) in [5.74, 6) is -0.258. The minimum Gasteiger partial charge on any atom is -0.376 e. The van der Waals surface area contributed by atoms with Gasteiger partial charge in [-0.25, -0.2) is 8.42 Å². The Morgan fingerprint density at radius 1 is 1.40 bits per heavy atom. The molecule has 0 spiro atoms. The highest BCUT2D eigenvalue weighted by Gasteiger charge is 2.29. The molecule has 0 radical (unpaired) electrons. The number of ether oxygens (including phenoxy) is 1. The number of carbonyl (C=O) groups is 1. The van der Waals surface area contributed by atoms with Crippen molar-refractivity contribution in [1.82, 2.24) is 14.5 Å². The molecule has 1 aromatic carbocycles. The van der Waals surface area contributed by atoms with Gasteiger partial charge in [0.2, 0.25) is 10.0 Å². The highest BCUT2D eigenvalue weighted by atomic mass is 32.2. The molecule has 1 fully saturated rings. The third kappa shape index (κ3) is 5.50. The number of nitrogens with zero attached hydrogens (tertiary/aromatic N) is 2. The Hall–Kier alpha value is -1.48. The standard InChI is InChI=1S/C17H27N3O4S/c1-14-13-20(10-11-24-14)25(22,23)16-7-4-6-15(12-16)17(21)18-8-5-9-19(2)3/h4,6-7,12,14H,5,8-11,13H2,1-3H3,(H,18,21).